The Hall–Kier alpha value is -3.52. The van der Waals surface area contributed by atoms with Gasteiger partial charge in [0.25, 0.3) is 5.91 Å². The van der Waals surface area contributed by atoms with Crippen LogP contribution in [0, 0.1) is 5.92 Å². The molecule has 1 aliphatic carbocycles. The molecule has 1 atom stereocenters. The number of methoxy groups -OCH3 is 2. The number of piperidine rings is 1. The Kier molecular flexibility index (Phi) is 6.53. The zero-order chi connectivity index (χ0) is 27.3. The second kappa shape index (κ2) is 9.90. The van der Waals surface area contributed by atoms with Gasteiger partial charge in [0.1, 0.15) is 11.5 Å². The molecule has 1 aromatic heterocycles. The van der Waals surface area contributed by atoms with Crippen molar-refractivity contribution in [3.8, 4) is 0 Å². The number of hydrogen-bond donors (Lipinski definition) is 0. The van der Waals surface area contributed by atoms with Crippen molar-refractivity contribution in [1.29, 1.82) is 0 Å². The smallest absolute Gasteiger partial charge is 0.325 e. The van der Waals surface area contributed by atoms with Crippen LogP contribution in [0.2, 0.25) is 0 Å². The highest BCUT2D eigenvalue weighted by Crippen LogP contribution is 2.48. The number of urea groups is 1. The van der Waals surface area contributed by atoms with Gasteiger partial charge in [0, 0.05) is 54.1 Å². The molecule has 1 unspecified atom stereocenters. The zero-order valence-corrected chi connectivity index (χ0v) is 23.8. The third-order valence-corrected chi connectivity index (χ3v) is 9.82. The first kappa shape index (κ1) is 25.7. The standard InChI is InChI=1S/C31H35N3O4S/c1-5-34-30(36)33-19-22-10-11-23(37-3)18-24(38-4)28(22)20(2)16-27(33)31(34)12-14-32(15-13-31)29(35)26-17-21-8-6-7-9-25(21)39-26/h6-9,11,16-18,20H,5,10,12-15,19H2,1-4H3. The molecular weight excluding hydrogens is 510 g/mol. The number of hydrogen-bond acceptors (Lipinski definition) is 5. The fraction of sp³-hybridized carbons (Fsp3) is 0.419. The van der Waals surface area contributed by atoms with Gasteiger partial charge in [0.05, 0.1) is 24.6 Å². The van der Waals surface area contributed by atoms with Gasteiger partial charge in [-0.2, -0.15) is 0 Å². The topological polar surface area (TPSA) is 62.3 Å². The van der Waals surface area contributed by atoms with Gasteiger partial charge in [-0.25, -0.2) is 4.79 Å². The highest BCUT2D eigenvalue weighted by molar-refractivity contribution is 7.20. The van der Waals surface area contributed by atoms with Crippen molar-refractivity contribution < 1.29 is 19.1 Å². The molecule has 3 aliphatic heterocycles. The number of likely N-dealkylation sites (tertiary alicyclic amines) is 1. The summed E-state index contributed by atoms with van der Waals surface area (Å²) in [5.74, 6) is 1.71. The summed E-state index contributed by atoms with van der Waals surface area (Å²) in [6.45, 7) is 6.64. The van der Waals surface area contributed by atoms with E-state index in [1.807, 2.05) is 39.0 Å². The second-order valence-corrected chi connectivity index (χ2v) is 11.8. The van der Waals surface area contributed by atoms with Crippen molar-refractivity contribution in [2.24, 2.45) is 5.92 Å². The summed E-state index contributed by atoms with van der Waals surface area (Å²) in [7, 11) is 3.36. The van der Waals surface area contributed by atoms with E-state index in [-0.39, 0.29) is 17.9 Å². The number of amides is 3. The van der Waals surface area contributed by atoms with Crippen molar-refractivity contribution in [3.05, 3.63) is 81.8 Å². The van der Waals surface area contributed by atoms with Crippen LogP contribution in [0.25, 0.3) is 10.1 Å². The van der Waals surface area contributed by atoms with Crippen LogP contribution in [0.5, 0.6) is 0 Å². The first-order valence-corrected chi connectivity index (χ1v) is 14.5. The number of nitrogens with zero attached hydrogens (tertiary/aromatic N) is 3. The van der Waals surface area contributed by atoms with Crippen molar-refractivity contribution in [3.63, 3.8) is 0 Å². The number of carbonyl (C=O) groups is 2. The molecular formula is C31H35N3O4S. The van der Waals surface area contributed by atoms with Crippen LogP contribution in [0.4, 0.5) is 4.79 Å². The molecule has 1 spiro atoms. The SMILES string of the molecule is CCN1C(=O)N2CC3=C(C(OC)=CC(OC)=CC3)C(C)C=C2C12CCN(C(=O)c1cc3ccccc3s1)CC2. The van der Waals surface area contributed by atoms with Gasteiger partial charge in [-0.15, -0.1) is 11.3 Å². The van der Waals surface area contributed by atoms with Crippen LogP contribution in [-0.2, 0) is 9.47 Å². The van der Waals surface area contributed by atoms with Crippen LogP contribution in [0.1, 0.15) is 42.8 Å². The van der Waals surface area contributed by atoms with Gasteiger partial charge in [-0.3, -0.25) is 9.69 Å². The highest BCUT2D eigenvalue weighted by atomic mass is 32.1. The average Bonchev–Trinajstić information content (AvgIpc) is 3.33. The molecule has 1 aromatic carbocycles. The Balaban J connectivity index is 1.30. The number of allylic oxidation sites excluding steroid dienone is 4. The average molecular weight is 546 g/mol. The van der Waals surface area contributed by atoms with E-state index in [1.54, 1.807) is 25.6 Å². The molecule has 2 fully saturated rings. The maximum absolute atomic E-state index is 13.9. The maximum Gasteiger partial charge on any atom is 0.325 e. The Bertz CT molecular complexity index is 1420. The zero-order valence-electron chi connectivity index (χ0n) is 23.0. The van der Waals surface area contributed by atoms with Crippen LogP contribution >= 0.6 is 11.3 Å². The normalized spacial score (nSPS) is 22.7. The minimum atomic E-state index is -0.411. The summed E-state index contributed by atoms with van der Waals surface area (Å²) in [4.78, 5) is 34.1. The van der Waals surface area contributed by atoms with Gasteiger partial charge >= 0.3 is 6.03 Å². The van der Waals surface area contributed by atoms with Gasteiger partial charge in [0.15, 0.2) is 0 Å². The molecule has 2 saturated heterocycles. The number of benzene rings is 1. The summed E-state index contributed by atoms with van der Waals surface area (Å²) in [6.07, 6.45) is 8.43. The van der Waals surface area contributed by atoms with Crippen LogP contribution < -0.4 is 0 Å². The van der Waals surface area contributed by atoms with Gasteiger partial charge in [0.2, 0.25) is 0 Å². The van der Waals surface area contributed by atoms with Gasteiger partial charge in [-0.05, 0) is 55.4 Å². The first-order chi connectivity index (χ1) is 18.9. The minimum Gasteiger partial charge on any atom is -0.497 e. The van der Waals surface area contributed by atoms with E-state index in [2.05, 4.69) is 38.1 Å². The predicted octanol–water partition coefficient (Wildman–Crippen LogP) is 5.93. The first-order valence-electron chi connectivity index (χ1n) is 13.7. The van der Waals surface area contributed by atoms with Gasteiger partial charge < -0.3 is 19.3 Å². The molecule has 0 saturated carbocycles. The van der Waals surface area contributed by atoms with E-state index in [9.17, 15) is 9.59 Å². The lowest BCUT2D eigenvalue weighted by Crippen LogP contribution is -2.54. The summed E-state index contributed by atoms with van der Waals surface area (Å²) < 4.78 is 12.5. The van der Waals surface area contributed by atoms with E-state index >= 15 is 0 Å². The molecule has 4 aliphatic rings. The Morgan fingerprint density at radius 1 is 1.15 bits per heavy atom. The number of carbonyl (C=O) groups excluding carboxylic acids is 2. The Morgan fingerprint density at radius 2 is 1.92 bits per heavy atom. The fourth-order valence-electron chi connectivity index (χ4n) is 6.80. The van der Waals surface area contributed by atoms with Crippen molar-refractivity contribution in [2.75, 3.05) is 40.4 Å². The minimum absolute atomic E-state index is 0.0529. The fourth-order valence-corrected chi connectivity index (χ4v) is 7.83. The molecule has 39 heavy (non-hydrogen) atoms. The van der Waals surface area contributed by atoms with E-state index in [4.69, 9.17) is 9.47 Å². The number of likely N-dealkylation sites (N-methyl/N-ethyl adjacent to an activating group) is 1. The van der Waals surface area contributed by atoms with Crippen LogP contribution in [0.15, 0.2) is 76.9 Å². The molecule has 7 nitrogen and oxygen atoms in total. The molecule has 0 radical (unpaired) electrons. The van der Waals surface area contributed by atoms with E-state index in [0.29, 0.717) is 32.6 Å². The lowest BCUT2D eigenvalue weighted by atomic mass is 9.81. The van der Waals surface area contributed by atoms with E-state index in [1.165, 1.54) is 5.57 Å². The lowest BCUT2D eigenvalue weighted by molar-refractivity contribution is 0.0580. The Morgan fingerprint density at radius 3 is 2.62 bits per heavy atom. The molecule has 4 heterocycles. The molecule has 2 aromatic rings. The van der Waals surface area contributed by atoms with E-state index in [0.717, 1.165) is 50.6 Å². The number of ether oxygens (including phenoxy) is 2. The summed E-state index contributed by atoms with van der Waals surface area (Å²) in [5.41, 5.74) is 2.97. The molecule has 3 amide bonds. The van der Waals surface area contributed by atoms with Crippen LogP contribution in [0.3, 0.4) is 0 Å². The molecule has 0 N–H and O–H groups in total. The molecule has 6 rings (SSSR count). The highest BCUT2D eigenvalue weighted by Gasteiger charge is 2.55. The summed E-state index contributed by atoms with van der Waals surface area (Å²) in [6, 6.07) is 10.2. The number of thiophene rings is 1. The van der Waals surface area contributed by atoms with Crippen LogP contribution in [-0.4, -0.2) is 72.6 Å². The molecule has 8 heteroatoms. The third-order valence-electron chi connectivity index (χ3n) is 8.71. The monoisotopic (exact) mass is 545 g/mol. The quantitative estimate of drug-likeness (QED) is 0.478. The van der Waals surface area contributed by atoms with Gasteiger partial charge in [-0.1, -0.05) is 31.2 Å². The third kappa shape index (κ3) is 4.07. The lowest BCUT2D eigenvalue weighted by Gasteiger charge is -2.44. The molecule has 0 bridgehead atoms. The Labute approximate surface area is 233 Å². The van der Waals surface area contributed by atoms with E-state index < -0.39 is 5.54 Å². The number of rotatable bonds is 4. The van der Waals surface area contributed by atoms with Crippen molar-refractivity contribution >= 4 is 33.4 Å². The largest absolute Gasteiger partial charge is 0.497 e. The van der Waals surface area contributed by atoms with Crippen molar-refractivity contribution in [2.45, 2.75) is 38.6 Å². The predicted molar refractivity (Wildman–Crippen MR) is 153 cm³/mol. The molecule has 204 valence electrons. The summed E-state index contributed by atoms with van der Waals surface area (Å²) in [5, 5.41) is 1.11. The second-order valence-electron chi connectivity index (χ2n) is 10.7. The maximum atomic E-state index is 13.9. The summed E-state index contributed by atoms with van der Waals surface area (Å²) >= 11 is 1.55. The van der Waals surface area contributed by atoms with Crippen molar-refractivity contribution in [1.82, 2.24) is 14.7 Å². The number of fused-ring (bicyclic) bond motifs is 3.